The lowest BCUT2D eigenvalue weighted by atomic mass is 10.1. The Kier molecular flexibility index (Phi) is 3.80. The van der Waals surface area contributed by atoms with E-state index in [9.17, 15) is 18.8 Å². The Hall–Kier alpha value is -3.81. The van der Waals surface area contributed by atoms with Gasteiger partial charge < -0.3 is 4.84 Å². The number of imide groups is 1. The zero-order valence-electron chi connectivity index (χ0n) is 14.0. The minimum absolute atomic E-state index is 0.0594. The number of nitrogens with zero attached hydrogens (tertiary/aromatic N) is 3. The van der Waals surface area contributed by atoms with Gasteiger partial charge in [0.1, 0.15) is 5.82 Å². The van der Waals surface area contributed by atoms with E-state index in [1.165, 1.54) is 41.1 Å². The molecule has 4 rings (SSSR count). The Morgan fingerprint density at radius 1 is 1.00 bits per heavy atom. The van der Waals surface area contributed by atoms with Crippen molar-refractivity contribution in [2.24, 2.45) is 0 Å². The summed E-state index contributed by atoms with van der Waals surface area (Å²) in [6.45, 7) is 1.63. The maximum absolute atomic E-state index is 13.1. The number of carbonyl (C=O) groups is 3. The molecule has 0 atom stereocenters. The van der Waals surface area contributed by atoms with Gasteiger partial charge in [0.15, 0.2) is 5.69 Å². The van der Waals surface area contributed by atoms with Crippen molar-refractivity contribution < 1.29 is 23.6 Å². The maximum atomic E-state index is 13.1. The molecule has 7 nitrogen and oxygen atoms in total. The summed E-state index contributed by atoms with van der Waals surface area (Å²) in [5, 5.41) is 4.56. The van der Waals surface area contributed by atoms with Crippen LogP contribution in [0, 0.1) is 12.7 Å². The van der Waals surface area contributed by atoms with E-state index in [1.807, 2.05) is 0 Å². The van der Waals surface area contributed by atoms with Gasteiger partial charge in [0.25, 0.3) is 11.8 Å². The first-order valence-electron chi connectivity index (χ1n) is 7.98. The zero-order valence-corrected chi connectivity index (χ0v) is 14.0. The highest BCUT2D eigenvalue weighted by atomic mass is 19.1. The molecule has 27 heavy (non-hydrogen) atoms. The summed E-state index contributed by atoms with van der Waals surface area (Å²) in [4.78, 5) is 42.0. The largest absolute Gasteiger partial charge is 0.384 e. The summed E-state index contributed by atoms with van der Waals surface area (Å²) >= 11 is 0. The zero-order chi connectivity index (χ0) is 19.1. The molecule has 8 heteroatoms. The lowest BCUT2D eigenvalue weighted by Gasteiger charge is -2.11. The lowest BCUT2D eigenvalue weighted by molar-refractivity contribution is -0.0589. The highest BCUT2D eigenvalue weighted by Gasteiger charge is 2.39. The second-order valence-electron chi connectivity index (χ2n) is 5.91. The van der Waals surface area contributed by atoms with Gasteiger partial charge >= 0.3 is 5.97 Å². The highest BCUT2D eigenvalue weighted by Crippen LogP contribution is 2.23. The van der Waals surface area contributed by atoms with Gasteiger partial charge in [-0.2, -0.15) is 5.10 Å². The van der Waals surface area contributed by atoms with E-state index < -0.39 is 23.6 Å². The molecule has 1 aliphatic rings. The summed E-state index contributed by atoms with van der Waals surface area (Å²) in [7, 11) is 0. The second-order valence-corrected chi connectivity index (χ2v) is 5.91. The number of halogens is 1. The van der Waals surface area contributed by atoms with Crippen molar-refractivity contribution in [3.8, 4) is 5.69 Å². The number of aromatic nitrogens is 2. The number of fused-ring (bicyclic) bond motifs is 1. The van der Waals surface area contributed by atoms with Crippen LogP contribution in [0.5, 0.6) is 0 Å². The molecule has 0 bridgehead atoms. The van der Waals surface area contributed by atoms with E-state index in [0.29, 0.717) is 16.3 Å². The number of rotatable bonds is 3. The molecule has 0 unspecified atom stereocenters. The molecule has 0 radical (unpaired) electrons. The molecule has 0 aliphatic carbocycles. The van der Waals surface area contributed by atoms with E-state index in [1.54, 1.807) is 25.3 Å². The normalized spacial score (nSPS) is 13.0. The minimum Gasteiger partial charge on any atom is -0.322 e. The molecule has 1 aromatic heterocycles. The summed E-state index contributed by atoms with van der Waals surface area (Å²) in [5.41, 5.74) is 1.30. The Labute approximate surface area is 152 Å². The smallest absolute Gasteiger partial charge is 0.322 e. The number of hydrogen-bond acceptors (Lipinski definition) is 5. The number of benzene rings is 2. The first kappa shape index (κ1) is 16.6. The Morgan fingerprint density at radius 2 is 1.59 bits per heavy atom. The minimum atomic E-state index is -0.942. The molecule has 0 spiro atoms. The second kappa shape index (κ2) is 6.17. The van der Waals surface area contributed by atoms with E-state index in [4.69, 9.17) is 4.84 Å². The predicted octanol–water partition coefficient (Wildman–Crippen LogP) is 2.69. The predicted molar refractivity (Wildman–Crippen MR) is 90.6 cm³/mol. The fourth-order valence-electron chi connectivity index (χ4n) is 2.76. The molecule has 0 fully saturated rings. The molecule has 0 N–H and O–H groups in total. The van der Waals surface area contributed by atoms with Crippen molar-refractivity contribution in [2.75, 3.05) is 0 Å². The van der Waals surface area contributed by atoms with Crippen LogP contribution in [0.2, 0.25) is 0 Å². The molecular weight excluding hydrogens is 353 g/mol. The van der Waals surface area contributed by atoms with E-state index >= 15 is 0 Å². The molecule has 2 aromatic carbocycles. The van der Waals surface area contributed by atoms with Gasteiger partial charge in [-0.1, -0.05) is 17.2 Å². The number of hydrogen-bond donors (Lipinski definition) is 0. The standard InChI is InChI=1S/C19H12FN3O4/c1-11-10-22(13-8-6-12(20)7-9-13)21-16(11)19(26)27-23-17(24)14-4-2-3-5-15(14)18(23)25/h2-10H,1H3. The monoisotopic (exact) mass is 365 g/mol. The molecule has 0 saturated carbocycles. The van der Waals surface area contributed by atoms with Gasteiger partial charge in [-0.15, -0.1) is 0 Å². The van der Waals surface area contributed by atoms with Crippen LogP contribution in [0.3, 0.4) is 0 Å². The van der Waals surface area contributed by atoms with Gasteiger partial charge in [-0.25, -0.2) is 13.9 Å². The van der Waals surface area contributed by atoms with Gasteiger partial charge in [-0.05, 0) is 43.3 Å². The van der Waals surface area contributed by atoms with Gasteiger partial charge in [-0.3, -0.25) is 9.59 Å². The average Bonchev–Trinajstić information content (AvgIpc) is 3.16. The van der Waals surface area contributed by atoms with Crippen molar-refractivity contribution in [3.05, 3.63) is 82.9 Å². The first-order valence-corrected chi connectivity index (χ1v) is 7.98. The fourth-order valence-corrected chi connectivity index (χ4v) is 2.76. The summed E-state index contributed by atoms with van der Waals surface area (Å²) in [5.74, 6) is -2.75. The molecule has 2 amide bonds. The Bertz CT molecular complexity index is 1050. The maximum Gasteiger partial charge on any atom is 0.384 e. The molecule has 3 aromatic rings. The van der Waals surface area contributed by atoms with E-state index in [0.717, 1.165) is 0 Å². The summed E-state index contributed by atoms with van der Waals surface area (Å²) in [6, 6.07) is 11.7. The third-order valence-electron chi connectivity index (χ3n) is 4.11. The van der Waals surface area contributed by atoms with Gasteiger partial charge in [0, 0.05) is 11.8 Å². The van der Waals surface area contributed by atoms with Crippen molar-refractivity contribution in [2.45, 2.75) is 6.92 Å². The molecule has 2 heterocycles. The van der Waals surface area contributed by atoms with Crippen LogP contribution in [0.1, 0.15) is 36.8 Å². The average molecular weight is 365 g/mol. The van der Waals surface area contributed by atoms with Crippen LogP contribution in [0.15, 0.2) is 54.7 Å². The van der Waals surface area contributed by atoms with E-state index in [2.05, 4.69) is 5.10 Å². The molecule has 0 saturated heterocycles. The topological polar surface area (TPSA) is 81.5 Å². The van der Waals surface area contributed by atoms with Crippen molar-refractivity contribution >= 4 is 17.8 Å². The van der Waals surface area contributed by atoms with Crippen molar-refractivity contribution in [3.63, 3.8) is 0 Å². The van der Waals surface area contributed by atoms with Crippen molar-refractivity contribution in [1.82, 2.24) is 14.8 Å². The van der Waals surface area contributed by atoms with Crippen LogP contribution in [0.4, 0.5) is 4.39 Å². The number of aryl methyl sites for hydroxylation is 1. The van der Waals surface area contributed by atoms with E-state index in [-0.39, 0.29) is 16.8 Å². The highest BCUT2D eigenvalue weighted by molar-refractivity contribution is 6.21. The summed E-state index contributed by atoms with van der Waals surface area (Å²) < 4.78 is 14.4. The molecular formula is C19H12FN3O4. The lowest BCUT2D eigenvalue weighted by Crippen LogP contribution is -2.33. The van der Waals surface area contributed by atoms with Gasteiger partial charge in [0.05, 0.1) is 16.8 Å². The fraction of sp³-hybridized carbons (Fsp3) is 0.0526. The Morgan fingerprint density at radius 3 is 2.19 bits per heavy atom. The number of carbonyl (C=O) groups excluding carboxylic acids is 3. The molecule has 134 valence electrons. The van der Waals surface area contributed by atoms with Crippen LogP contribution in [-0.4, -0.2) is 32.6 Å². The number of amides is 2. The van der Waals surface area contributed by atoms with Crippen LogP contribution in [-0.2, 0) is 4.84 Å². The first-order chi connectivity index (χ1) is 13.0. The molecule has 1 aliphatic heterocycles. The van der Waals surface area contributed by atoms with Crippen molar-refractivity contribution in [1.29, 1.82) is 0 Å². The number of hydroxylamine groups is 2. The third-order valence-corrected chi connectivity index (χ3v) is 4.11. The third kappa shape index (κ3) is 2.77. The quantitative estimate of drug-likeness (QED) is 0.667. The Balaban J connectivity index is 1.59. The summed E-state index contributed by atoms with van der Waals surface area (Å²) in [6.07, 6.45) is 1.56. The SMILES string of the molecule is Cc1cn(-c2ccc(F)cc2)nc1C(=O)ON1C(=O)c2ccccc2C1=O. The van der Waals surface area contributed by atoms with Crippen LogP contribution < -0.4 is 0 Å². The van der Waals surface area contributed by atoms with Gasteiger partial charge in [0.2, 0.25) is 0 Å². The van der Waals surface area contributed by atoms with Crippen LogP contribution in [0.25, 0.3) is 5.69 Å². The van der Waals surface area contributed by atoms with Crippen LogP contribution >= 0.6 is 0 Å².